The first-order valence-electron chi connectivity index (χ1n) is 5.66. The Kier molecular flexibility index (Phi) is 3.61. The van der Waals surface area contributed by atoms with Crippen LogP contribution >= 0.6 is 0 Å². The summed E-state index contributed by atoms with van der Waals surface area (Å²) in [5.41, 5.74) is 0.0709. The summed E-state index contributed by atoms with van der Waals surface area (Å²) in [6.45, 7) is 1.57. The minimum atomic E-state index is -4.40. The van der Waals surface area contributed by atoms with Crippen molar-refractivity contribution in [3.8, 4) is 11.5 Å². The van der Waals surface area contributed by atoms with E-state index in [-0.39, 0.29) is 18.1 Å². The van der Waals surface area contributed by atoms with Gasteiger partial charge in [0.15, 0.2) is 0 Å². The van der Waals surface area contributed by atoms with Crippen LogP contribution in [0.2, 0.25) is 0 Å². The second-order valence-corrected chi connectivity index (χ2v) is 4.07. The summed E-state index contributed by atoms with van der Waals surface area (Å²) in [7, 11) is 0. The second-order valence-electron chi connectivity index (χ2n) is 4.07. The van der Waals surface area contributed by atoms with Gasteiger partial charge in [0.1, 0.15) is 5.76 Å². The molecule has 0 fully saturated rings. The smallest absolute Gasteiger partial charge is 0.416 e. The van der Waals surface area contributed by atoms with Gasteiger partial charge in [-0.25, -0.2) is 4.98 Å². The van der Waals surface area contributed by atoms with Gasteiger partial charge >= 0.3 is 6.18 Å². The number of aliphatic hydroxyl groups excluding tert-OH is 1. The highest BCUT2D eigenvalue weighted by Crippen LogP contribution is 2.32. The molecular formula is C13H12F3NO2. The molecule has 0 aliphatic rings. The molecule has 0 saturated heterocycles. The maximum Gasteiger partial charge on any atom is 0.416 e. The van der Waals surface area contributed by atoms with E-state index in [1.54, 1.807) is 6.92 Å². The molecule has 3 nitrogen and oxygen atoms in total. The van der Waals surface area contributed by atoms with Crippen molar-refractivity contribution in [3.05, 3.63) is 41.3 Å². The number of aryl methyl sites for hydroxylation is 1. The molecule has 102 valence electrons. The van der Waals surface area contributed by atoms with E-state index in [1.165, 1.54) is 12.1 Å². The van der Waals surface area contributed by atoms with Crippen LogP contribution in [0.5, 0.6) is 0 Å². The predicted octanol–water partition coefficient (Wildman–Crippen LogP) is 3.20. The van der Waals surface area contributed by atoms with Gasteiger partial charge in [-0.05, 0) is 25.1 Å². The average Bonchev–Trinajstić information content (AvgIpc) is 2.71. The van der Waals surface area contributed by atoms with Gasteiger partial charge in [-0.2, -0.15) is 13.2 Å². The lowest BCUT2D eigenvalue weighted by atomic mass is 10.1. The number of alkyl halides is 3. The topological polar surface area (TPSA) is 46.3 Å². The molecule has 0 radical (unpaired) electrons. The maximum absolute atomic E-state index is 12.6. The van der Waals surface area contributed by atoms with E-state index in [1.807, 2.05) is 0 Å². The van der Waals surface area contributed by atoms with Crippen LogP contribution in [0.3, 0.4) is 0 Å². The van der Waals surface area contributed by atoms with Crippen LogP contribution in [0.15, 0.2) is 28.7 Å². The fourth-order valence-electron chi connectivity index (χ4n) is 1.72. The van der Waals surface area contributed by atoms with Crippen molar-refractivity contribution < 1.29 is 22.7 Å². The van der Waals surface area contributed by atoms with Gasteiger partial charge in [0.25, 0.3) is 0 Å². The third-order valence-electron chi connectivity index (χ3n) is 2.68. The van der Waals surface area contributed by atoms with Crippen molar-refractivity contribution in [2.24, 2.45) is 0 Å². The Hall–Kier alpha value is -1.82. The van der Waals surface area contributed by atoms with E-state index in [9.17, 15) is 13.2 Å². The molecule has 2 rings (SSSR count). The molecule has 1 N–H and O–H groups in total. The molecule has 0 aliphatic heterocycles. The van der Waals surface area contributed by atoms with Crippen LogP contribution in [0, 0.1) is 6.92 Å². The third kappa shape index (κ3) is 2.96. The Morgan fingerprint density at radius 3 is 2.68 bits per heavy atom. The Labute approximate surface area is 107 Å². The number of aromatic nitrogens is 1. The minimum absolute atomic E-state index is 0.0879. The Morgan fingerprint density at radius 1 is 1.32 bits per heavy atom. The van der Waals surface area contributed by atoms with E-state index in [4.69, 9.17) is 9.52 Å². The summed E-state index contributed by atoms with van der Waals surface area (Å²) < 4.78 is 43.1. The molecule has 6 heteroatoms. The molecule has 19 heavy (non-hydrogen) atoms. The summed E-state index contributed by atoms with van der Waals surface area (Å²) in [6.07, 6.45) is -4.08. The van der Waals surface area contributed by atoms with E-state index < -0.39 is 11.7 Å². The summed E-state index contributed by atoms with van der Waals surface area (Å²) >= 11 is 0. The highest BCUT2D eigenvalue weighted by atomic mass is 19.4. The van der Waals surface area contributed by atoms with Crippen molar-refractivity contribution in [1.82, 2.24) is 4.98 Å². The molecule has 0 unspecified atom stereocenters. The largest absolute Gasteiger partial charge is 0.441 e. The van der Waals surface area contributed by atoms with Crippen LogP contribution in [0.25, 0.3) is 11.5 Å². The lowest BCUT2D eigenvalue weighted by Gasteiger charge is -2.06. The van der Waals surface area contributed by atoms with Crippen molar-refractivity contribution in [3.63, 3.8) is 0 Å². The van der Waals surface area contributed by atoms with Gasteiger partial charge in [-0.3, -0.25) is 0 Å². The zero-order valence-electron chi connectivity index (χ0n) is 10.2. The number of benzene rings is 1. The van der Waals surface area contributed by atoms with Gasteiger partial charge in [-0.1, -0.05) is 6.07 Å². The maximum atomic E-state index is 12.6. The number of halogens is 3. The first kappa shape index (κ1) is 13.6. The summed E-state index contributed by atoms with van der Waals surface area (Å²) in [6, 6.07) is 4.80. The SMILES string of the molecule is Cc1oc(-c2cccc(C(F)(F)F)c2)nc1CCO. The molecule has 0 bridgehead atoms. The molecule has 0 aliphatic carbocycles. The number of hydrogen-bond acceptors (Lipinski definition) is 3. The van der Waals surface area contributed by atoms with E-state index in [2.05, 4.69) is 4.98 Å². The zero-order chi connectivity index (χ0) is 14.0. The molecule has 0 amide bonds. The quantitative estimate of drug-likeness (QED) is 0.932. The summed E-state index contributed by atoms with van der Waals surface area (Å²) in [4.78, 5) is 4.10. The highest BCUT2D eigenvalue weighted by molar-refractivity contribution is 5.55. The van der Waals surface area contributed by atoms with Crippen LogP contribution in [-0.2, 0) is 12.6 Å². The third-order valence-corrected chi connectivity index (χ3v) is 2.68. The van der Waals surface area contributed by atoms with E-state index >= 15 is 0 Å². The van der Waals surface area contributed by atoms with Crippen molar-refractivity contribution in [1.29, 1.82) is 0 Å². The van der Waals surface area contributed by atoms with Gasteiger partial charge in [-0.15, -0.1) is 0 Å². The molecule has 2 aromatic rings. The van der Waals surface area contributed by atoms with Gasteiger partial charge < -0.3 is 9.52 Å². The normalized spacial score (nSPS) is 11.8. The molecular weight excluding hydrogens is 259 g/mol. The average molecular weight is 271 g/mol. The molecule has 0 atom stereocenters. The fourth-order valence-corrected chi connectivity index (χ4v) is 1.72. The Morgan fingerprint density at radius 2 is 2.05 bits per heavy atom. The lowest BCUT2D eigenvalue weighted by molar-refractivity contribution is -0.137. The first-order chi connectivity index (χ1) is 8.91. The van der Waals surface area contributed by atoms with Gasteiger partial charge in [0.05, 0.1) is 11.3 Å². The molecule has 1 aromatic carbocycles. The molecule has 1 heterocycles. The second kappa shape index (κ2) is 5.05. The van der Waals surface area contributed by atoms with Crippen LogP contribution < -0.4 is 0 Å². The van der Waals surface area contributed by atoms with Crippen LogP contribution in [-0.4, -0.2) is 16.7 Å². The molecule has 1 aromatic heterocycles. The number of nitrogens with zero attached hydrogens (tertiary/aromatic N) is 1. The van der Waals surface area contributed by atoms with Crippen LogP contribution in [0.4, 0.5) is 13.2 Å². The Balaban J connectivity index is 2.39. The lowest BCUT2D eigenvalue weighted by Crippen LogP contribution is -2.04. The highest BCUT2D eigenvalue weighted by Gasteiger charge is 2.30. The van der Waals surface area contributed by atoms with E-state index in [0.717, 1.165) is 12.1 Å². The van der Waals surface area contributed by atoms with E-state index in [0.29, 0.717) is 17.9 Å². The number of aliphatic hydroxyl groups is 1. The van der Waals surface area contributed by atoms with Crippen molar-refractivity contribution >= 4 is 0 Å². The number of hydrogen-bond donors (Lipinski definition) is 1. The minimum Gasteiger partial charge on any atom is -0.441 e. The van der Waals surface area contributed by atoms with Gasteiger partial charge in [0, 0.05) is 18.6 Å². The monoisotopic (exact) mass is 271 g/mol. The van der Waals surface area contributed by atoms with Crippen molar-refractivity contribution in [2.75, 3.05) is 6.61 Å². The fraction of sp³-hybridized carbons (Fsp3) is 0.308. The summed E-state index contributed by atoms with van der Waals surface area (Å²) in [5.74, 6) is 0.633. The molecule has 0 saturated carbocycles. The standard InChI is InChI=1S/C13H12F3NO2/c1-8-11(5-6-18)17-12(19-8)9-3-2-4-10(7-9)13(14,15)16/h2-4,7,18H,5-6H2,1H3. The van der Waals surface area contributed by atoms with Crippen molar-refractivity contribution in [2.45, 2.75) is 19.5 Å². The molecule has 0 spiro atoms. The number of oxazole rings is 1. The summed E-state index contributed by atoms with van der Waals surface area (Å²) in [5, 5.41) is 8.84. The number of rotatable bonds is 3. The van der Waals surface area contributed by atoms with Gasteiger partial charge in [0.2, 0.25) is 5.89 Å². The first-order valence-corrected chi connectivity index (χ1v) is 5.66. The zero-order valence-corrected chi connectivity index (χ0v) is 10.2. The predicted molar refractivity (Wildman–Crippen MR) is 62.5 cm³/mol. The van der Waals surface area contributed by atoms with Crippen LogP contribution in [0.1, 0.15) is 17.0 Å². The Bertz CT molecular complexity index is 576.